The van der Waals surface area contributed by atoms with Crippen molar-refractivity contribution in [3.8, 4) is 0 Å². The minimum atomic E-state index is -0.321. The molecular weight excluding hydrogens is 338 g/mol. The predicted octanol–water partition coefficient (Wildman–Crippen LogP) is 4.27. The quantitative estimate of drug-likeness (QED) is 0.712. The lowest BCUT2D eigenvalue weighted by molar-refractivity contribution is -0.124. The SMILES string of the molecule is Cc1cc(NCc2cccc(NC(=O)C3CCCO3)c2)c2ccccc2n1. The van der Waals surface area contributed by atoms with Crippen molar-refractivity contribution in [1.82, 2.24) is 4.98 Å². The lowest BCUT2D eigenvalue weighted by Crippen LogP contribution is -2.26. The highest BCUT2D eigenvalue weighted by atomic mass is 16.5. The molecule has 1 fully saturated rings. The summed E-state index contributed by atoms with van der Waals surface area (Å²) in [5, 5.41) is 7.57. The number of carbonyl (C=O) groups is 1. The van der Waals surface area contributed by atoms with Crippen LogP contribution in [0.2, 0.25) is 0 Å². The van der Waals surface area contributed by atoms with Crippen LogP contribution in [0.15, 0.2) is 54.6 Å². The van der Waals surface area contributed by atoms with Gasteiger partial charge < -0.3 is 15.4 Å². The van der Waals surface area contributed by atoms with Crippen LogP contribution < -0.4 is 10.6 Å². The van der Waals surface area contributed by atoms with Gasteiger partial charge in [0.05, 0.1) is 5.52 Å². The molecule has 0 bridgehead atoms. The van der Waals surface area contributed by atoms with Crippen LogP contribution in [0.3, 0.4) is 0 Å². The Morgan fingerprint density at radius 1 is 1.19 bits per heavy atom. The first kappa shape index (κ1) is 17.5. The number of hydrogen-bond acceptors (Lipinski definition) is 4. The van der Waals surface area contributed by atoms with Gasteiger partial charge in [0, 0.05) is 35.6 Å². The van der Waals surface area contributed by atoms with E-state index in [1.54, 1.807) is 0 Å². The van der Waals surface area contributed by atoms with Gasteiger partial charge in [0.25, 0.3) is 5.91 Å². The molecule has 0 aliphatic carbocycles. The van der Waals surface area contributed by atoms with Gasteiger partial charge in [0.2, 0.25) is 0 Å². The first-order chi connectivity index (χ1) is 13.2. The summed E-state index contributed by atoms with van der Waals surface area (Å²) in [6.07, 6.45) is 1.42. The van der Waals surface area contributed by atoms with Gasteiger partial charge in [0.15, 0.2) is 0 Å². The molecule has 1 aliphatic heterocycles. The van der Waals surface area contributed by atoms with Crippen LogP contribution in [0.4, 0.5) is 11.4 Å². The van der Waals surface area contributed by atoms with Crippen molar-refractivity contribution in [2.75, 3.05) is 17.2 Å². The van der Waals surface area contributed by atoms with Crippen molar-refractivity contribution in [3.05, 3.63) is 65.9 Å². The van der Waals surface area contributed by atoms with E-state index in [9.17, 15) is 4.79 Å². The Labute approximate surface area is 158 Å². The molecule has 1 aliphatic rings. The number of aromatic nitrogens is 1. The van der Waals surface area contributed by atoms with E-state index in [1.807, 2.05) is 49.4 Å². The Morgan fingerprint density at radius 3 is 2.93 bits per heavy atom. The molecule has 3 aromatic rings. The van der Waals surface area contributed by atoms with E-state index in [2.05, 4.69) is 27.8 Å². The number of pyridine rings is 1. The summed E-state index contributed by atoms with van der Waals surface area (Å²) in [7, 11) is 0. The second-order valence-electron chi connectivity index (χ2n) is 6.87. The Kier molecular flexibility index (Phi) is 5.03. The molecule has 27 heavy (non-hydrogen) atoms. The molecule has 0 radical (unpaired) electrons. The zero-order valence-electron chi connectivity index (χ0n) is 15.4. The first-order valence-corrected chi connectivity index (χ1v) is 9.31. The average Bonchev–Trinajstić information content (AvgIpc) is 3.21. The Bertz CT molecular complexity index is 965. The maximum absolute atomic E-state index is 12.2. The van der Waals surface area contributed by atoms with Gasteiger partial charge in [-0.05, 0) is 49.6 Å². The minimum absolute atomic E-state index is 0.0617. The minimum Gasteiger partial charge on any atom is -0.380 e. The van der Waals surface area contributed by atoms with Gasteiger partial charge in [0.1, 0.15) is 6.10 Å². The van der Waals surface area contributed by atoms with Gasteiger partial charge in [-0.3, -0.25) is 9.78 Å². The molecule has 5 nitrogen and oxygen atoms in total. The molecule has 1 amide bonds. The number of fused-ring (bicyclic) bond motifs is 1. The Hall–Kier alpha value is -2.92. The fourth-order valence-electron chi connectivity index (χ4n) is 3.42. The van der Waals surface area contributed by atoms with Crippen molar-refractivity contribution in [2.45, 2.75) is 32.4 Å². The number of ether oxygens (including phenoxy) is 1. The molecule has 0 saturated carbocycles. The van der Waals surface area contributed by atoms with Crippen molar-refractivity contribution in [2.24, 2.45) is 0 Å². The highest BCUT2D eigenvalue weighted by molar-refractivity contribution is 5.94. The smallest absolute Gasteiger partial charge is 0.253 e. The number of nitrogens with zero attached hydrogens (tertiary/aromatic N) is 1. The van der Waals surface area contributed by atoms with E-state index in [1.165, 1.54) is 0 Å². The number of amides is 1. The maximum Gasteiger partial charge on any atom is 0.253 e. The van der Waals surface area contributed by atoms with Crippen LogP contribution in [-0.4, -0.2) is 23.6 Å². The lowest BCUT2D eigenvalue weighted by atomic mass is 10.1. The van der Waals surface area contributed by atoms with Crippen LogP contribution in [0.25, 0.3) is 10.9 Å². The molecule has 5 heteroatoms. The van der Waals surface area contributed by atoms with Crippen LogP contribution in [0, 0.1) is 6.92 Å². The third-order valence-electron chi connectivity index (χ3n) is 4.74. The highest BCUT2D eigenvalue weighted by Crippen LogP contribution is 2.24. The number of anilines is 2. The van der Waals surface area contributed by atoms with E-state index in [0.29, 0.717) is 13.2 Å². The van der Waals surface area contributed by atoms with E-state index < -0.39 is 0 Å². The summed E-state index contributed by atoms with van der Waals surface area (Å²) in [6, 6.07) is 18.1. The molecule has 0 spiro atoms. The number of rotatable bonds is 5. The zero-order chi connectivity index (χ0) is 18.6. The topological polar surface area (TPSA) is 63.2 Å². The third-order valence-corrected chi connectivity index (χ3v) is 4.74. The number of para-hydroxylation sites is 1. The lowest BCUT2D eigenvalue weighted by Gasteiger charge is -2.13. The summed E-state index contributed by atoms with van der Waals surface area (Å²) < 4.78 is 5.44. The summed E-state index contributed by atoms with van der Waals surface area (Å²) >= 11 is 0. The van der Waals surface area contributed by atoms with Gasteiger partial charge in [-0.15, -0.1) is 0 Å². The summed E-state index contributed by atoms with van der Waals surface area (Å²) in [5.74, 6) is -0.0617. The molecule has 2 N–H and O–H groups in total. The number of aryl methyl sites for hydroxylation is 1. The molecule has 1 aromatic heterocycles. The van der Waals surface area contributed by atoms with E-state index in [-0.39, 0.29) is 12.0 Å². The van der Waals surface area contributed by atoms with Crippen LogP contribution in [-0.2, 0) is 16.1 Å². The van der Waals surface area contributed by atoms with Gasteiger partial charge in [-0.1, -0.05) is 30.3 Å². The third kappa shape index (κ3) is 4.09. The second-order valence-corrected chi connectivity index (χ2v) is 6.87. The van der Waals surface area contributed by atoms with Crippen molar-refractivity contribution < 1.29 is 9.53 Å². The Balaban J connectivity index is 1.47. The standard InChI is InChI=1S/C22H23N3O2/c1-15-12-20(18-8-2-3-9-19(18)24-15)23-14-16-6-4-7-17(13-16)25-22(26)21-10-5-11-27-21/h2-4,6-9,12-13,21H,5,10-11,14H2,1H3,(H,23,24)(H,25,26). The molecular formula is C22H23N3O2. The van der Waals surface area contributed by atoms with Gasteiger partial charge in [-0.25, -0.2) is 0 Å². The van der Waals surface area contributed by atoms with Crippen LogP contribution in [0.5, 0.6) is 0 Å². The molecule has 1 atom stereocenters. The summed E-state index contributed by atoms with van der Waals surface area (Å²) in [6.45, 7) is 3.33. The first-order valence-electron chi connectivity index (χ1n) is 9.31. The number of benzene rings is 2. The predicted molar refractivity (Wildman–Crippen MR) is 108 cm³/mol. The number of carbonyl (C=O) groups excluding carboxylic acids is 1. The van der Waals surface area contributed by atoms with Crippen molar-refractivity contribution in [1.29, 1.82) is 0 Å². The number of hydrogen-bond donors (Lipinski definition) is 2. The number of nitrogens with one attached hydrogen (secondary N) is 2. The van der Waals surface area contributed by atoms with Gasteiger partial charge in [-0.2, -0.15) is 0 Å². The molecule has 138 valence electrons. The highest BCUT2D eigenvalue weighted by Gasteiger charge is 2.23. The van der Waals surface area contributed by atoms with Crippen molar-refractivity contribution in [3.63, 3.8) is 0 Å². The van der Waals surface area contributed by atoms with Crippen LogP contribution in [0.1, 0.15) is 24.1 Å². The van der Waals surface area contributed by atoms with Gasteiger partial charge >= 0.3 is 0 Å². The second kappa shape index (κ2) is 7.76. The summed E-state index contributed by atoms with van der Waals surface area (Å²) in [5.41, 5.74) is 4.92. The fourth-order valence-corrected chi connectivity index (χ4v) is 3.42. The van der Waals surface area contributed by atoms with E-state index in [4.69, 9.17) is 4.74 Å². The molecule has 1 unspecified atom stereocenters. The molecule has 1 saturated heterocycles. The monoisotopic (exact) mass is 361 g/mol. The zero-order valence-corrected chi connectivity index (χ0v) is 15.4. The Morgan fingerprint density at radius 2 is 2.07 bits per heavy atom. The van der Waals surface area contributed by atoms with Crippen LogP contribution >= 0.6 is 0 Å². The normalized spacial score (nSPS) is 16.4. The largest absolute Gasteiger partial charge is 0.380 e. The molecule has 4 rings (SSSR count). The van der Waals surface area contributed by atoms with E-state index in [0.717, 1.165) is 46.4 Å². The molecule has 2 heterocycles. The fraction of sp³-hybridized carbons (Fsp3) is 0.273. The summed E-state index contributed by atoms with van der Waals surface area (Å²) in [4.78, 5) is 16.8. The van der Waals surface area contributed by atoms with E-state index >= 15 is 0 Å². The average molecular weight is 361 g/mol. The van der Waals surface area contributed by atoms with Crippen molar-refractivity contribution >= 4 is 28.2 Å². The maximum atomic E-state index is 12.2. The molecule has 2 aromatic carbocycles.